The van der Waals surface area contributed by atoms with Crippen molar-refractivity contribution in [3.8, 4) is 17.2 Å². The van der Waals surface area contributed by atoms with Gasteiger partial charge in [-0.15, -0.1) is 0 Å². The molecule has 4 rings (SSSR count). The Hall–Kier alpha value is -3.19. The van der Waals surface area contributed by atoms with Crippen LogP contribution in [0.25, 0.3) is 11.5 Å². The van der Waals surface area contributed by atoms with Crippen LogP contribution in [0.2, 0.25) is 0 Å². The fourth-order valence-corrected chi connectivity index (χ4v) is 2.58. The van der Waals surface area contributed by atoms with Crippen molar-refractivity contribution in [3.05, 3.63) is 66.0 Å². The average Bonchev–Trinajstić information content (AvgIpc) is 3.15. The summed E-state index contributed by atoms with van der Waals surface area (Å²) >= 11 is 0. The Morgan fingerprint density at radius 2 is 1.92 bits per heavy atom. The summed E-state index contributed by atoms with van der Waals surface area (Å²) in [6, 6.07) is 16.7. The van der Waals surface area contributed by atoms with E-state index in [9.17, 15) is 4.79 Å². The molecule has 0 fully saturated rings. The van der Waals surface area contributed by atoms with Gasteiger partial charge in [0, 0.05) is 11.1 Å². The Balaban J connectivity index is 1.42. The van der Waals surface area contributed by atoms with E-state index in [1.807, 2.05) is 48.5 Å². The van der Waals surface area contributed by atoms with Crippen LogP contribution >= 0.6 is 0 Å². The van der Waals surface area contributed by atoms with Gasteiger partial charge in [0.25, 0.3) is 11.8 Å². The predicted molar refractivity (Wildman–Crippen MR) is 87.3 cm³/mol. The van der Waals surface area contributed by atoms with Gasteiger partial charge in [-0.3, -0.25) is 4.79 Å². The number of nitrogens with zero attached hydrogens (tertiary/aromatic N) is 2. The fourth-order valence-electron chi connectivity index (χ4n) is 2.58. The van der Waals surface area contributed by atoms with Gasteiger partial charge in [-0.1, -0.05) is 41.6 Å². The van der Waals surface area contributed by atoms with Crippen LogP contribution in [0.15, 0.2) is 59.1 Å². The first kappa shape index (κ1) is 15.3. The van der Waals surface area contributed by atoms with Gasteiger partial charge in [-0.05, 0) is 18.2 Å². The molecule has 0 saturated carbocycles. The lowest BCUT2D eigenvalue weighted by Crippen LogP contribution is -2.33. The number of nitrogens with one attached hydrogen (secondary N) is 1. The van der Waals surface area contributed by atoms with Crippen LogP contribution in [0.4, 0.5) is 0 Å². The first-order valence-corrected chi connectivity index (χ1v) is 7.80. The highest BCUT2D eigenvalue weighted by Gasteiger charge is 2.28. The van der Waals surface area contributed by atoms with E-state index < -0.39 is 6.10 Å². The zero-order chi connectivity index (χ0) is 17.1. The zero-order valence-corrected chi connectivity index (χ0v) is 13.2. The van der Waals surface area contributed by atoms with Crippen molar-refractivity contribution in [1.82, 2.24) is 15.5 Å². The van der Waals surface area contributed by atoms with Gasteiger partial charge in [0.15, 0.2) is 18.7 Å². The van der Waals surface area contributed by atoms with Gasteiger partial charge >= 0.3 is 0 Å². The maximum absolute atomic E-state index is 12.4. The topological polar surface area (TPSA) is 86.5 Å². The zero-order valence-electron chi connectivity index (χ0n) is 13.2. The quantitative estimate of drug-likeness (QED) is 0.787. The van der Waals surface area contributed by atoms with Crippen molar-refractivity contribution in [3.63, 3.8) is 0 Å². The van der Waals surface area contributed by atoms with E-state index in [0.29, 0.717) is 23.0 Å². The highest BCUT2D eigenvalue weighted by molar-refractivity contribution is 5.83. The summed E-state index contributed by atoms with van der Waals surface area (Å²) < 4.78 is 16.0. The van der Waals surface area contributed by atoms with Crippen molar-refractivity contribution in [2.24, 2.45) is 0 Å². The van der Waals surface area contributed by atoms with Crippen LogP contribution < -0.4 is 10.1 Å². The summed E-state index contributed by atoms with van der Waals surface area (Å²) in [5.74, 6) is 1.19. The molecule has 0 spiro atoms. The molecule has 1 amide bonds. The number of benzene rings is 2. The average molecular weight is 337 g/mol. The second-order valence-electron chi connectivity index (χ2n) is 5.45. The molecular weight excluding hydrogens is 322 g/mol. The summed E-state index contributed by atoms with van der Waals surface area (Å²) in [5, 5.41) is 6.66. The molecule has 7 heteroatoms. The second kappa shape index (κ2) is 6.74. The number of rotatable bonds is 4. The van der Waals surface area contributed by atoms with Gasteiger partial charge in [-0.2, -0.15) is 4.98 Å². The Morgan fingerprint density at radius 1 is 1.12 bits per heavy atom. The number of fused-ring (bicyclic) bond motifs is 1. The summed E-state index contributed by atoms with van der Waals surface area (Å²) in [7, 11) is 0. The van der Waals surface area contributed by atoms with E-state index in [4.69, 9.17) is 14.0 Å². The van der Waals surface area contributed by atoms with E-state index in [1.165, 1.54) is 0 Å². The minimum absolute atomic E-state index is 0.0372. The number of carbonyl (C=O) groups is 1. The highest BCUT2D eigenvalue weighted by Crippen LogP contribution is 2.31. The van der Waals surface area contributed by atoms with E-state index in [1.54, 1.807) is 6.07 Å². The van der Waals surface area contributed by atoms with Crippen LogP contribution in [0.5, 0.6) is 5.75 Å². The largest absolute Gasteiger partial charge is 0.467 e. The molecule has 25 heavy (non-hydrogen) atoms. The third-order valence-corrected chi connectivity index (χ3v) is 3.80. The number of amides is 1. The van der Waals surface area contributed by atoms with E-state index in [2.05, 4.69) is 15.5 Å². The molecule has 7 nitrogen and oxygen atoms in total. The van der Waals surface area contributed by atoms with Crippen LogP contribution in [-0.4, -0.2) is 22.8 Å². The van der Waals surface area contributed by atoms with Crippen molar-refractivity contribution in [1.29, 1.82) is 0 Å². The van der Waals surface area contributed by atoms with Gasteiger partial charge in [-0.25, -0.2) is 0 Å². The van der Waals surface area contributed by atoms with Crippen molar-refractivity contribution in [2.45, 2.75) is 12.6 Å². The minimum atomic E-state index is -0.717. The van der Waals surface area contributed by atoms with Crippen LogP contribution in [0, 0.1) is 0 Å². The van der Waals surface area contributed by atoms with E-state index in [0.717, 1.165) is 5.56 Å². The highest BCUT2D eigenvalue weighted by atomic mass is 16.7. The van der Waals surface area contributed by atoms with Crippen molar-refractivity contribution < 1.29 is 18.8 Å². The third kappa shape index (κ3) is 3.22. The monoisotopic (exact) mass is 337 g/mol. The lowest BCUT2D eigenvalue weighted by molar-refractivity contribution is -0.142. The van der Waals surface area contributed by atoms with Crippen LogP contribution in [0.3, 0.4) is 0 Å². The Bertz CT molecular complexity index is 879. The molecule has 1 aromatic heterocycles. The summed E-state index contributed by atoms with van der Waals surface area (Å²) in [6.07, 6.45) is -0.717. The molecule has 1 N–H and O–H groups in total. The SMILES string of the molecule is O=C(NCc1noc(-c2ccccc2)n1)[C@H]1OCOc2ccccc21. The maximum atomic E-state index is 12.4. The minimum Gasteiger partial charge on any atom is -0.467 e. The van der Waals surface area contributed by atoms with Crippen molar-refractivity contribution >= 4 is 5.91 Å². The summed E-state index contributed by atoms with van der Waals surface area (Å²) in [6.45, 7) is 0.188. The molecule has 0 unspecified atom stereocenters. The summed E-state index contributed by atoms with van der Waals surface area (Å²) in [5.41, 5.74) is 1.53. The second-order valence-corrected chi connectivity index (χ2v) is 5.45. The molecule has 126 valence electrons. The fraction of sp³-hybridized carbons (Fsp3) is 0.167. The van der Waals surface area contributed by atoms with Crippen LogP contribution in [-0.2, 0) is 16.1 Å². The number of carbonyl (C=O) groups excluding carboxylic acids is 1. The molecule has 2 aromatic carbocycles. The number of hydrogen-bond acceptors (Lipinski definition) is 6. The third-order valence-electron chi connectivity index (χ3n) is 3.80. The first-order valence-electron chi connectivity index (χ1n) is 7.80. The molecule has 0 aliphatic carbocycles. The Kier molecular flexibility index (Phi) is 4.14. The normalized spacial score (nSPS) is 15.9. The molecule has 2 heterocycles. The lowest BCUT2D eigenvalue weighted by Gasteiger charge is -2.25. The van der Waals surface area contributed by atoms with E-state index >= 15 is 0 Å². The summed E-state index contributed by atoms with van der Waals surface area (Å²) in [4.78, 5) is 16.7. The number of ether oxygens (including phenoxy) is 2. The molecule has 0 bridgehead atoms. The number of aromatic nitrogens is 2. The van der Waals surface area contributed by atoms with Crippen molar-refractivity contribution in [2.75, 3.05) is 6.79 Å². The van der Waals surface area contributed by atoms with Gasteiger partial charge < -0.3 is 19.3 Å². The predicted octanol–water partition coefficient (Wildman–Crippen LogP) is 2.46. The lowest BCUT2D eigenvalue weighted by atomic mass is 10.1. The molecule has 1 atom stereocenters. The first-order chi connectivity index (χ1) is 12.3. The smallest absolute Gasteiger partial charge is 0.257 e. The number of hydrogen-bond donors (Lipinski definition) is 1. The Labute approximate surface area is 143 Å². The van der Waals surface area contributed by atoms with Gasteiger partial charge in [0.2, 0.25) is 0 Å². The molecular formula is C18H15N3O4. The molecule has 3 aromatic rings. The Morgan fingerprint density at radius 3 is 2.80 bits per heavy atom. The molecule has 1 aliphatic rings. The molecule has 0 radical (unpaired) electrons. The van der Waals surface area contributed by atoms with Crippen LogP contribution in [0.1, 0.15) is 17.5 Å². The maximum Gasteiger partial charge on any atom is 0.257 e. The molecule has 1 aliphatic heterocycles. The standard InChI is InChI=1S/C18H15N3O4/c22-17(16-13-8-4-5-9-14(13)23-11-24-16)19-10-15-20-18(25-21-15)12-6-2-1-3-7-12/h1-9,16H,10-11H2,(H,19,22)/t16-/m0/s1. The number of para-hydroxylation sites is 1. The van der Waals surface area contributed by atoms with Gasteiger partial charge in [0.05, 0.1) is 6.54 Å². The van der Waals surface area contributed by atoms with Gasteiger partial charge in [0.1, 0.15) is 5.75 Å². The molecule has 0 saturated heterocycles. The van der Waals surface area contributed by atoms with E-state index in [-0.39, 0.29) is 19.2 Å².